The number of piperazine rings is 1. The van der Waals surface area contributed by atoms with Crippen LogP contribution in [0.2, 0.25) is 0 Å². The van der Waals surface area contributed by atoms with Crippen LogP contribution in [0.5, 0.6) is 0 Å². The van der Waals surface area contributed by atoms with Crippen molar-refractivity contribution in [2.24, 2.45) is 5.92 Å². The van der Waals surface area contributed by atoms with Crippen molar-refractivity contribution in [3.63, 3.8) is 0 Å². The highest BCUT2D eigenvalue weighted by Gasteiger charge is 2.19. The molecule has 0 atom stereocenters. The third-order valence-corrected chi connectivity index (χ3v) is 4.80. The van der Waals surface area contributed by atoms with Gasteiger partial charge in [-0.1, -0.05) is 0 Å². The Hall–Kier alpha value is -0.160. The van der Waals surface area contributed by atoms with Crippen molar-refractivity contribution in [1.82, 2.24) is 19.6 Å². The minimum atomic E-state index is 0.925. The molecule has 2 aliphatic heterocycles. The van der Waals surface area contributed by atoms with Crippen molar-refractivity contribution in [3.05, 3.63) is 0 Å². The van der Waals surface area contributed by atoms with E-state index < -0.39 is 0 Å². The summed E-state index contributed by atoms with van der Waals surface area (Å²) in [5, 5.41) is 0. The van der Waals surface area contributed by atoms with E-state index in [0.717, 1.165) is 5.92 Å². The molecule has 0 spiro atoms. The second-order valence-corrected chi connectivity index (χ2v) is 6.65. The first-order valence-electron chi connectivity index (χ1n) is 7.91. The quantitative estimate of drug-likeness (QED) is 0.720. The molecule has 4 heteroatoms. The van der Waals surface area contributed by atoms with E-state index in [0.29, 0.717) is 0 Å². The zero-order valence-electron chi connectivity index (χ0n) is 13.1. The molecule has 2 heterocycles. The number of piperidine rings is 1. The number of likely N-dealkylation sites (N-methyl/N-ethyl adjacent to an activating group) is 2. The lowest BCUT2D eigenvalue weighted by Gasteiger charge is -2.35. The second kappa shape index (κ2) is 7.58. The zero-order chi connectivity index (χ0) is 13.7. The lowest BCUT2D eigenvalue weighted by molar-refractivity contribution is 0.129. The molecular weight excluding hydrogens is 236 g/mol. The van der Waals surface area contributed by atoms with Gasteiger partial charge in [0, 0.05) is 45.8 Å². The van der Waals surface area contributed by atoms with Gasteiger partial charge in [0.2, 0.25) is 0 Å². The number of hydrogen-bond acceptors (Lipinski definition) is 4. The molecule has 0 radical (unpaired) electrons. The number of nitrogens with zero attached hydrogens (tertiary/aromatic N) is 4. The molecule has 0 amide bonds. The summed E-state index contributed by atoms with van der Waals surface area (Å²) in [4.78, 5) is 10.1. The Morgan fingerprint density at radius 1 is 0.895 bits per heavy atom. The first-order chi connectivity index (χ1) is 9.13. The van der Waals surface area contributed by atoms with Crippen LogP contribution in [0.25, 0.3) is 0 Å². The lowest BCUT2D eigenvalue weighted by Crippen LogP contribution is -2.47. The van der Waals surface area contributed by atoms with Crippen molar-refractivity contribution < 1.29 is 0 Å². The van der Waals surface area contributed by atoms with Crippen LogP contribution in [0, 0.1) is 5.92 Å². The van der Waals surface area contributed by atoms with Crippen LogP contribution in [0.3, 0.4) is 0 Å². The molecule has 2 aliphatic rings. The smallest absolute Gasteiger partial charge is 0.0110 e. The molecule has 2 rings (SSSR count). The van der Waals surface area contributed by atoms with Crippen molar-refractivity contribution in [1.29, 1.82) is 0 Å². The van der Waals surface area contributed by atoms with Crippen molar-refractivity contribution in [3.8, 4) is 0 Å². The number of rotatable bonds is 5. The van der Waals surface area contributed by atoms with E-state index in [9.17, 15) is 0 Å². The van der Waals surface area contributed by atoms with Gasteiger partial charge >= 0.3 is 0 Å². The molecule has 0 aromatic rings. The van der Waals surface area contributed by atoms with Crippen LogP contribution in [0.1, 0.15) is 12.8 Å². The monoisotopic (exact) mass is 268 g/mol. The highest BCUT2D eigenvalue weighted by atomic mass is 15.3. The summed E-state index contributed by atoms with van der Waals surface area (Å²) in [7, 11) is 6.77. The van der Waals surface area contributed by atoms with Gasteiger partial charge in [-0.25, -0.2) is 0 Å². The van der Waals surface area contributed by atoms with E-state index in [1.807, 2.05) is 0 Å². The van der Waals surface area contributed by atoms with Gasteiger partial charge in [0.25, 0.3) is 0 Å². The normalized spacial score (nSPS) is 25.3. The molecule has 0 unspecified atom stereocenters. The van der Waals surface area contributed by atoms with E-state index >= 15 is 0 Å². The lowest BCUT2D eigenvalue weighted by atomic mass is 9.97. The third kappa shape index (κ3) is 5.38. The number of hydrogen-bond donors (Lipinski definition) is 0. The Kier molecular flexibility index (Phi) is 6.07. The van der Waals surface area contributed by atoms with Gasteiger partial charge in [-0.15, -0.1) is 0 Å². The van der Waals surface area contributed by atoms with Crippen LogP contribution in [-0.2, 0) is 0 Å². The first kappa shape index (κ1) is 15.2. The Labute approximate surface area is 119 Å². The Morgan fingerprint density at radius 3 is 2.11 bits per heavy atom. The Bertz CT molecular complexity index is 243. The fourth-order valence-electron chi connectivity index (χ4n) is 3.16. The topological polar surface area (TPSA) is 13.0 Å². The van der Waals surface area contributed by atoms with Gasteiger partial charge in [0.15, 0.2) is 0 Å². The second-order valence-electron chi connectivity index (χ2n) is 6.65. The molecule has 0 N–H and O–H groups in total. The summed E-state index contributed by atoms with van der Waals surface area (Å²) in [6.45, 7) is 11.3. The third-order valence-electron chi connectivity index (χ3n) is 4.80. The van der Waals surface area contributed by atoms with Crippen LogP contribution in [0.4, 0.5) is 0 Å². The molecule has 112 valence electrons. The Morgan fingerprint density at radius 2 is 1.47 bits per heavy atom. The molecular formula is C15H32N4. The van der Waals surface area contributed by atoms with Crippen LogP contribution in [0.15, 0.2) is 0 Å². The van der Waals surface area contributed by atoms with Crippen molar-refractivity contribution in [2.45, 2.75) is 12.8 Å². The van der Waals surface area contributed by atoms with Crippen molar-refractivity contribution >= 4 is 0 Å². The largest absolute Gasteiger partial charge is 0.306 e. The molecule has 2 saturated heterocycles. The minimum absolute atomic E-state index is 0.925. The molecule has 0 aromatic heterocycles. The maximum absolute atomic E-state index is 2.62. The molecule has 4 nitrogen and oxygen atoms in total. The van der Waals surface area contributed by atoms with Gasteiger partial charge < -0.3 is 14.7 Å². The summed E-state index contributed by atoms with van der Waals surface area (Å²) in [5.74, 6) is 0.925. The zero-order valence-corrected chi connectivity index (χ0v) is 13.1. The van der Waals surface area contributed by atoms with Crippen LogP contribution < -0.4 is 0 Å². The fourth-order valence-corrected chi connectivity index (χ4v) is 3.16. The molecule has 0 aliphatic carbocycles. The van der Waals surface area contributed by atoms with Gasteiger partial charge in [-0.3, -0.25) is 4.90 Å². The predicted molar refractivity (Wildman–Crippen MR) is 81.7 cm³/mol. The summed E-state index contributed by atoms with van der Waals surface area (Å²) in [6, 6.07) is 0. The average Bonchev–Trinajstić information content (AvgIpc) is 2.41. The highest BCUT2D eigenvalue weighted by Crippen LogP contribution is 2.16. The molecule has 0 aromatic carbocycles. The molecule has 19 heavy (non-hydrogen) atoms. The van der Waals surface area contributed by atoms with Gasteiger partial charge in [0.05, 0.1) is 0 Å². The van der Waals surface area contributed by atoms with E-state index in [4.69, 9.17) is 0 Å². The fraction of sp³-hybridized carbons (Fsp3) is 1.00. The van der Waals surface area contributed by atoms with E-state index in [1.54, 1.807) is 0 Å². The standard InChI is InChI=1S/C15H32N4/c1-16-6-4-15(5-7-16)14-18(3)10-13-19-11-8-17(2)9-12-19/h15H,4-14H2,1-3H3. The predicted octanol–water partition coefficient (Wildman–Crippen LogP) is 0.507. The molecule has 0 bridgehead atoms. The van der Waals surface area contributed by atoms with Crippen LogP contribution >= 0.6 is 0 Å². The van der Waals surface area contributed by atoms with E-state index in [1.165, 1.54) is 71.7 Å². The van der Waals surface area contributed by atoms with Gasteiger partial charge in [-0.2, -0.15) is 0 Å². The van der Waals surface area contributed by atoms with Gasteiger partial charge in [-0.05, 0) is 53.0 Å². The summed E-state index contributed by atoms with van der Waals surface area (Å²) in [6.07, 6.45) is 2.77. The number of likely N-dealkylation sites (tertiary alicyclic amines) is 1. The molecule has 2 fully saturated rings. The average molecular weight is 268 g/mol. The highest BCUT2D eigenvalue weighted by molar-refractivity contribution is 4.74. The van der Waals surface area contributed by atoms with E-state index in [2.05, 4.69) is 40.7 Å². The van der Waals surface area contributed by atoms with Crippen LogP contribution in [-0.4, -0.2) is 99.6 Å². The minimum Gasteiger partial charge on any atom is -0.306 e. The first-order valence-corrected chi connectivity index (χ1v) is 7.91. The summed E-state index contributed by atoms with van der Waals surface area (Å²) in [5.41, 5.74) is 0. The van der Waals surface area contributed by atoms with Crippen molar-refractivity contribution in [2.75, 3.05) is 80.0 Å². The summed E-state index contributed by atoms with van der Waals surface area (Å²) >= 11 is 0. The SMILES string of the molecule is CN1CCC(CN(C)CCN2CCN(C)CC2)CC1. The van der Waals surface area contributed by atoms with Gasteiger partial charge in [0.1, 0.15) is 0 Å². The maximum atomic E-state index is 2.62. The molecule has 0 saturated carbocycles. The Balaban J connectivity index is 1.58. The van der Waals surface area contributed by atoms with E-state index in [-0.39, 0.29) is 0 Å². The maximum Gasteiger partial charge on any atom is 0.0110 e. The summed E-state index contributed by atoms with van der Waals surface area (Å²) < 4.78 is 0.